The van der Waals surface area contributed by atoms with E-state index >= 15 is 0 Å². The minimum Gasteiger partial charge on any atom is -0.489 e. The second-order valence-electron chi connectivity index (χ2n) is 45.3. The van der Waals surface area contributed by atoms with Crippen molar-refractivity contribution in [2.24, 2.45) is 17.8 Å². The molecule has 0 saturated heterocycles. The summed E-state index contributed by atoms with van der Waals surface area (Å²) in [4.78, 5) is 7.44. The highest BCUT2D eigenvalue weighted by Gasteiger charge is 2.58. The predicted octanol–water partition coefficient (Wildman–Crippen LogP) is 35.7. The summed E-state index contributed by atoms with van der Waals surface area (Å²) in [6.07, 6.45) is 10.3. The van der Waals surface area contributed by atoms with Crippen molar-refractivity contribution in [3.8, 4) is 72.5 Å². The number of allylic oxidation sites excluding steroid dienone is 4. The van der Waals surface area contributed by atoms with Crippen molar-refractivity contribution < 1.29 is 14.2 Å². The summed E-state index contributed by atoms with van der Waals surface area (Å²) in [6, 6.07) is 133. The lowest BCUT2D eigenvalue weighted by molar-refractivity contribution is -0.178. The van der Waals surface area contributed by atoms with Crippen LogP contribution in [0.1, 0.15) is 214 Å². The zero-order valence-electron chi connectivity index (χ0n) is 85.9. The molecule has 0 fully saturated rings. The maximum atomic E-state index is 8.36. The molecular weight excluding hydrogens is 1740 g/mol. The molecule has 0 aliphatic heterocycles. The molecule has 16 aromatic rings. The van der Waals surface area contributed by atoms with Crippen LogP contribution in [-0.2, 0) is 68.2 Å². The molecule has 4 unspecified atom stereocenters. The lowest BCUT2D eigenvalue weighted by Gasteiger charge is -2.55. The Kier molecular flexibility index (Phi) is 21.4. The Morgan fingerprint density at radius 3 is 0.713 bits per heavy atom. The molecule has 708 valence electrons. The average molecular weight is 1860 g/mol. The van der Waals surface area contributed by atoms with Gasteiger partial charge in [-0.1, -0.05) is 368 Å². The number of benzene rings is 16. The molecule has 16 aromatic carbocycles. The number of anilines is 9. The van der Waals surface area contributed by atoms with Crippen molar-refractivity contribution in [2.75, 3.05) is 14.7 Å². The Bertz CT molecular complexity index is 7400. The lowest BCUT2D eigenvalue weighted by atomic mass is 9.58. The van der Waals surface area contributed by atoms with Gasteiger partial charge in [0.2, 0.25) is 0 Å². The van der Waals surface area contributed by atoms with E-state index in [0.717, 1.165) is 90.3 Å². The van der Waals surface area contributed by atoms with Crippen LogP contribution in [0.3, 0.4) is 0 Å². The van der Waals surface area contributed by atoms with Crippen LogP contribution in [0.4, 0.5) is 51.2 Å². The van der Waals surface area contributed by atoms with Gasteiger partial charge in [0, 0.05) is 101 Å². The molecule has 0 radical (unpaired) electrons. The molecule has 0 N–H and O–H groups in total. The molecule has 0 aromatic heterocycles. The molecule has 6 heteroatoms. The van der Waals surface area contributed by atoms with E-state index in [-0.39, 0.29) is 50.2 Å². The van der Waals surface area contributed by atoms with E-state index < -0.39 is 11.2 Å². The van der Waals surface area contributed by atoms with Crippen molar-refractivity contribution in [3.63, 3.8) is 0 Å². The maximum Gasteiger partial charge on any atom is 0.123 e. The first-order valence-corrected chi connectivity index (χ1v) is 51.7. The Morgan fingerprint density at radius 1 is 0.238 bits per heavy atom. The van der Waals surface area contributed by atoms with Gasteiger partial charge >= 0.3 is 0 Å². The zero-order chi connectivity index (χ0) is 98.5. The first-order chi connectivity index (χ1) is 68.8. The van der Waals surface area contributed by atoms with Crippen LogP contribution in [0.25, 0.3) is 66.8 Å². The van der Waals surface area contributed by atoms with Crippen molar-refractivity contribution in [1.82, 2.24) is 0 Å². The molecule has 6 nitrogen and oxygen atoms in total. The molecule has 8 aliphatic rings. The first-order valence-electron chi connectivity index (χ1n) is 51.7. The molecule has 0 heterocycles. The Hall–Kier alpha value is -14.4. The number of para-hydroxylation sites is 1. The van der Waals surface area contributed by atoms with Gasteiger partial charge in [-0.3, -0.25) is 0 Å². The second-order valence-corrected chi connectivity index (χ2v) is 45.3. The highest BCUT2D eigenvalue weighted by atomic mass is 16.5. The molecule has 8 aliphatic carbocycles. The van der Waals surface area contributed by atoms with Crippen molar-refractivity contribution in [2.45, 2.75) is 195 Å². The van der Waals surface area contributed by atoms with Gasteiger partial charge < -0.3 is 28.9 Å². The fourth-order valence-electron chi connectivity index (χ4n) is 26.9. The van der Waals surface area contributed by atoms with Crippen LogP contribution >= 0.6 is 0 Å². The van der Waals surface area contributed by atoms with E-state index in [4.69, 9.17) is 14.2 Å². The first kappa shape index (κ1) is 91.1. The zero-order valence-corrected chi connectivity index (χ0v) is 85.9. The van der Waals surface area contributed by atoms with Crippen molar-refractivity contribution >= 4 is 51.2 Å². The lowest BCUT2D eigenvalue weighted by Crippen LogP contribution is -2.60. The van der Waals surface area contributed by atoms with Gasteiger partial charge in [-0.15, -0.1) is 0 Å². The minimum atomic E-state index is -0.992. The maximum absolute atomic E-state index is 8.36. The fraction of sp³-hybridized carbons (Fsp3) is 0.241. The van der Waals surface area contributed by atoms with Gasteiger partial charge in [-0.05, 0) is 317 Å². The van der Waals surface area contributed by atoms with Gasteiger partial charge in [-0.2, -0.15) is 0 Å². The molecule has 4 atom stereocenters. The summed E-state index contributed by atoms with van der Waals surface area (Å²) in [5.41, 5.74) is 47.6. The quantitative estimate of drug-likeness (QED) is 0.0673. The summed E-state index contributed by atoms with van der Waals surface area (Å²) < 4.78 is 24.2. The summed E-state index contributed by atoms with van der Waals surface area (Å²) in [5.74, 6) is 0.187. The standard InChI is InChI=1S/C137H127N3O3/c1-85-71-87(3)89(5)136(80-85,142-83-92-49-55-96(56-50-92)139(100-61-67-112-106-36-22-28-42-118(106)132(11,12)124(112)76-100)101-62-68-113-107-37-23-29-43-119(107)133(13,14)125(113)77-101)129(73-94-33-19-32-46-128(94)141-82-91-47-53-95(54-48-91)138(98-59-65-110-104-34-20-26-40-116(104)130(7,8)122(110)74-98)99-60-66-111-105-35-21-27-41-117(105)131(9,10)123(111)75-99)137(81-86(2)72-88(4)90(137)6)143-84-93-51-57-97(58-52-93)140(102-63-69-114-108-38-24-30-44-120(108)134(15,16)126(114)78-102)103-64-70-115-109-39-25-31-45-121(109)135(17,18)127(115)79-103/h19-72,74-81,89-90,129H,73,82-84H2,1-18H3. The normalized spacial score (nSPS) is 19.4. The van der Waals surface area contributed by atoms with Crippen LogP contribution in [-0.4, -0.2) is 11.2 Å². The van der Waals surface area contributed by atoms with Crippen molar-refractivity contribution in [3.05, 3.63) is 487 Å². The van der Waals surface area contributed by atoms with Crippen LogP contribution in [0.2, 0.25) is 0 Å². The molecule has 0 saturated carbocycles. The summed E-state index contributed by atoms with van der Waals surface area (Å²) in [6.45, 7) is 43.5. The van der Waals surface area contributed by atoms with E-state index in [2.05, 4.69) is 515 Å². The molecule has 24 rings (SSSR count). The second kappa shape index (κ2) is 33.6. The molecule has 0 amide bonds. The third kappa shape index (κ3) is 14.4. The van der Waals surface area contributed by atoms with Crippen LogP contribution in [0.5, 0.6) is 5.75 Å². The number of rotatable bonds is 22. The smallest absolute Gasteiger partial charge is 0.123 e. The van der Waals surface area contributed by atoms with Crippen LogP contribution in [0, 0.1) is 17.8 Å². The molecular formula is C137H127N3O3. The van der Waals surface area contributed by atoms with Gasteiger partial charge in [0.05, 0.1) is 24.4 Å². The topological polar surface area (TPSA) is 37.4 Å². The van der Waals surface area contributed by atoms with Gasteiger partial charge in [0.15, 0.2) is 0 Å². The molecule has 0 spiro atoms. The predicted molar refractivity (Wildman–Crippen MR) is 595 cm³/mol. The number of hydrogen-bond acceptors (Lipinski definition) is 6. The van der Waals surface area contributed by atoms with Gasteiger partial charge in [0.1, 0.15) is 12.4 Å². The van der Waals surface area contributed by atoms with Crippen molar-refractivity contribution in [1.29, 1.82) is 0 Å². The van der Waals surface area contributed by atoms with E-state index in [1.807, 2.05) is 0 Å². The SMILES string of the molecule is CC1=CC(OCc2ccc(N(c3ccc4c(c3)C(C)(C)c3ccccc3-4)c3ccc4c(c3)C(C)(C)c3ccccc3-4)cc2)(C(Cc2ccccc2OCc2ccc(N(c3ccc4c(c3)C(C)(C)c3ccccc3-4)c3ccc4c(c3)C(C)(C)c3ccccc3-4)cc2)C2(OCc3ccc(N(c4ccc5c(c4)C(C)(C)c4ccccc4-5)c4ccc5c(c4)C(C)(C)c4ccccc4-5)cc3)C=C(C)C=C(C)C2C)C(C)C(C)=C1. The number of nitrogens with zero attached hydrogens (tertiary/aromatic N) is 3. The molecule has 0 bridgehead atoms. The number of hydrogen-bond donors (Lipinski definition) is 0. The summed E-state index contributed by atoms with van der Waals surface area (Å²) in [5, 5.41) is 0. The van der Waals surface area contributed by atoms with Crippen LogP contribution < -0.4 is 19.4 Å². The number of ether oxygens (including phenoxy) is 3. The fourth-order valence-corrected chi connectivity index (χ4v) is 26.9. The van der Waals surface area contributed by atoms with Gasteiger partial charge in [0.25, 0.3) is 0 Å². The highest BCUT2D eigenvalue weighted by Crippen LogP contribution is 2.61. The number of fused-ring (bicyclic) bond motifs is 18. The minimum absolute atomic E-state index is 0.127. The third-order valence-corrected chi connectivity index (χ3v) is 34.9. The largest absolute Gasteiger partial charge is 0.489 e. The van der Waals surface area contributed by atoms with Crippen LogP contribution in [0.15, 0.2) is 398 Å². The highest BCUT2D eigenvalue weighted by molar-refractivity contribution is 5.94. The summed E-state index contributed by atoms with van der Waals surface area (Å²) in [7, 11) is 0. The Morgan fingerprint density at radius 2 is 0.455 bits per heavy atom. The average Bonchev–Trinajstić information content (AvgIpc) is 1.64. The molecule has 143 heavy (non-hydrogen) atoms. The summed E-state index contributed by atoms with van der Waals surface area (Å²) >= 11 is 0. The van der Waals surface area contributed by atoms with E-state index in [9.17, 15) is 0 Å². The van der Waals surface area contributed by atoms with E-state index in [0.29, 0.717) is 26.2 Å². The Labute approximate surface area is 846 Å². The van der Waals surface area contributed by atoms with E-state index in [1.54, 1.807) is 0 Å². The third-order valence-electron chi connectivity index (χ3n) is 34.9. The Balaban J connectivity index is 0.605. The van der Waals surface area contributed by atoms with Gasteiger partial charge in [-0.25, -0.2) is 0 Å². The monoisotopic (exact) mass is 1860 g/mol. The van der Waals surface area contributed by atoms with E-state index in [1.165, 1.54) is 145 Å².